The summed E-state index contributed by atoms with van der Waals surface area (Å²) in [7, 11) is 0. The van der Waals surface area contributed by atoms with Gasteiger partial charge in [-0.2, -0.15) is 0 Å². The van der Waals surface area contributed by atoms with Crippen molar-refractivity contribution in [2.45, 2.75) is 83.7 Å². The van der Waals surface area contributed by atoms with E-state index in [9.17, 15) is 15.5 Å². The maximum atomic E-state index is 11.6. The lowest BCUT2D eigenvalue weighted by Gasteiger charge is -2.68. The second kappa shape index (κ2) is 6.97. The predicted molar refractivity (Wildman–Crippen MR) is 83.5 cm³/mol. The summed E-state index contributed by atoms with van der Waals surface area (Å²) in [4.78, 5) is 10.1. The van der Waals surface area contributed by atoms with Crippen molar-refractivity contribution < 1.29 is 40.3 Å². The number of hydrogen-bond acceptors (Lipinski definition) is 10. The average molecular weight is 368 g/mol. The Morgan fingerprint density at radius 2 is 1.36 bits per heavy atom. The maximum Gasteiger partial charge on any atom is 0.149 e. The minimum atomic E-state index is -1.64. The molecule has 0 amide bonds. The summed E-state index contributed by atoms with van der Waals surface area (Å²) in [6.07, 6.45) is 0.747. The third kappa shape index (κ3) is 3.21. The molecule has 0 radical (unpaired) electrons. The molecule has 1 fully saturated rings. The van der Waals surface area contributed by atoms with E-state index in [-0.39, 0.29) is 6.61 Å². The summed E-state index contributed by atoms with van der Waals surface area (Å²) in [5.74, 6) is 0. The van der Waals surface area contributed by atoms with Crippen LogP contribution in [0.15, 0.2) is 0 Å². The molecule has 0 spiro atoms. The summed E-state index contributed by atoms with van der Waals surface area (Å²) < 4.78 is 6.31. The highest BCUT2D eigenvalue weighted by Crippen LogP contribution is 2.61. The van der Waals surface area contributed by atoms with Crippen LogP contribution in [0.25, 0.3) is 0 Å². The molecule has 5 N–H and O–H groups in total. The highest BCUT2D eigenvalue weighted by Gasteiger charge is 2.74. The van der Waals surface area contributed by atoms with E-state index in [1.165, 1.54) is 13.8 Å². The molecule has 1 saturated heterocycles. The Kier molecular flexibility index (Phi) is 6.31. The van der Waals surface area contributed by atoms with E-state index in [0.717, 1.165) is 0 Å². The molecule has 150 valence electrons. The topological polar surface area (TPSA) is 135 Å². The van der Waals surface area contributed by atoms with Crippen LogP contribution in [0.5, 0.6) is 0 Å². The zero-order chi connectivity index (χ0) is 19.9. The molecule has 1 rings (SSSR count). The SMILES string of the molecule is CC[C@]1(C)C(C)(CON(O)O)O[C@](C)(CC)C(C)(ON(O)O)C1(C)O. The molecule has 1 aliphatic rings. The van der Waals surface area contributed by atoms with Gasteiger partial charge in [-0.25, -0.2) is 9.68 Å². The highest BCUT2D eigenvalue weighted by molar-refractivity contribution is 5.22. The van der Waals surface area contributed by atoms with Crippen LogP contribution in [0, 0.1) is 5.41 Å². The van der Waals surface area contributed by atoms with Crippen molar-refractivity contribution in [3.8, 4) is 0 Å². The minimum absolute atomic E-state index is 0.270. The van der Waals surface area contributed by atoms with Crippen LogP contribution in [0.3, 0.4) is 0 Å². The molecule has 0 saturated carbocycles. The lowest BCUT2D eigenvalue weighted by Crippen LogP contribution is -2.82. The van der Waals surface area contributed by atoms with E-state index in [2.05, 4.69) is 0 Å². The summed E-state index contributed by atoms with van der Waals surface area (Å²) >= 11 is 0. The van der Waals surface area contributed by atoms with Gasteiger partial charge in [0.25, 0.3) is 0 Å². The normalized spacial score (nSPS) is 45.4. The van der Waals surface area contributed by atoms with E-state index in [4.69, 9.17) is 24.8 Å². The second-order valence-electron chi connectivity index (χ2n) is 7.58. The van der Waals surface area contributed by atoms with Crippen LogP contribution >= 0.6 is 0 Å². The monoisotopic (exact) mass is 368 g/mol. The molecule has 0 bridgehead atoms. The molecule has 0 aliphatic carbocycles. The van der Waals surface area contributed by atoms with Gasteiger partial charge in [-0.3, -0.25) is 20.8 Å². The van der Waals surface area contributed by atoms with Crippen LogP contribution in [-0.2, 0) is 14.4 Å². The lowest BCUT2D eigenvalue weighted by atomic mass is 9.51. The predicted octanol–water partition coefficient (Wildman–Crippen LogP) is 1.89. The van der Waals surface area contributed by atoms with Gasteiger partial charge in [-0.1, -0.05) is 20.8 Å². The first-order valence-electron chi connectivity index (χ1n) is 8.26. The van der Waals surface area contributed by atoms with E-state index in [1.807, 2.05) is 6.92 Å². The quantitative estimate of drug-likeness (QED) is 0.424. The smallest absolute Gasteiger partial charge is 0.149 e. The standard InChI is InChI=1S/C15H32N2O8/c1-8-11(3)13(5,10-23-16(19)20)24-12(4,9-2)15(7,14(11,6)18)25-17(21)22/h18-22H,8-10H2,1-7H3/t11-,12-,13?,14?,15?/m1/s1. The Bertz CT molecular complexity index is 476. The number of hydrogen-bond donors (Lipinski definition) is 5. The van der Waals surface area contributed by atoms with E-state index < -0.39 is 38.6 Å². The summed E-state index contributed by atoms with van der Waals surface area (Å²) in [5.41, 5.74) is -6.58. The fourth-order valence-corrected chi connectivity index (χ4v) is 4.11. The third-order valence-electron chi connectivity index (χ3n) is 6.73. The zero-order valence-corrected chi connectivity index (χ0v) is 16.0. The number of aliphatic hydroxyl groups is 1. The van der Waals surface area contributed by atoms with Gasteiger partial charge in [0.1, 0.15) is 17.8 Å². The van der Waals surface area contributed by atoms with Crippen LogP contribution in [0.2, 0.25) is 0 Å². The van der Waals surface area contributed by atoms with E-state index >= 15 is 0 Å². The molecule has 10 heteroatoms. The van der Waals surface area contributed by atoms with Gasteiger partial charge in [0, 0.05) is 5.41 Å². The van der Waals surface area contributed by atoms with Gasteiger partial charge in [0.2, 0.25) is 0 Å². The fraction of sp³-hybridized carbons (Fsp3) is 1.00. The van der Waals surface area contributed by atoms with E-state index in [1.54, 1.807) is 27.7 Å². The van der Waals surface area contributed by atoms with Crippen molar-refractivity contribution in [3.63, 3.8) is 0 Å². The molecular weight excluding hydrogens is 336 g/mol. The number of ether oxygens (including phenoxy) is 1. The highest BCUT2D eigenvalue weighted by atomic mass is 17.1. The molecule has 1 heterocycles. The lowest BCUT2D eigenvalue weighted by molar-refractivity contribution is -0.563. The van der Waals surface area contributed by atoms with Crippen molar-refractivity contribution in [2.24, 2.45) is 5.41 Å². The Morgan fingerprint density at radius 1 is 0.840 bits per heavy atom. The van der Waals surface area contributed by atoms with Crippen LogP contribution in [0.4, 0.5) is 0 Å². The van der Waals surface area contributed by atoms with Crippen LogP contribution < -0.4 is 0 Å². The summed E-state index contributed by atoms with van der Waals surface area (Å²) in [6.45, 7) is 11.5. The summed E-state index contributed by atoms with van der Waals surface area (Å²) in [6, 6.07) is 0. The molecule has 25 heavy (non-hydrogen) atoms. The Hall–Kier alpha value is -0.400. The first-order valence-corrected chi connectivity index (χ1v) is 8.26. The number of nitrogens with zero attached hydrogens (tertiary/aromatic N) is 2. The van der Waals surface area contributed by atoms with Gasteiger partial charge < -0.3 is 9.84 Å². The molecule has 10 nitrogen and oxygen atoms in total. The van der Waals surface area contributed by atoms with Crippen molar-refractivity contribution in [2.75, 3.05) is 6.61 Å². The van der Waals surface area contributed by atoms with Crippen molar-refractivity contribution >= 4 is 0 Å². The van der Waals surface area contributed by atoms with Crippen LogP contribution in [-0.4, -0.2) is 65.7 Å². The zero-order valence-electron chi connectivity index (χ0n) is 16.0. The Morgan fingerprint density at radius 3 is 1.72 bits per heavy atom. The molecular formula is C15H32N2O8. The largest absolute Gasteiger partial charge is 0.386 e. The van der Waals surface area contributed by atoms with Gasteiger partial charge >= 0.3 is 0 Å². The van der Waals surface area contributed by atoms with Gasteiger partial charge in [-0.15, -0.1) is 0 Å². The Labute approximate surface area is 147 Å². The van der Waals surface area contributed by atoms with Crippen molar-refractivity contribution in [3.05, 3.63) is 0 Å². The number of rotatable bonds is 7. The molecule has 3 unspecified atom stereocenters. The van der Waals surface area contributed by atoms with Crippen LogP contribution in [0.1, 0.15) is 61.3 Å². The Balaban J connectivity index is 3.56. The first kappa shape index (κ1) is 22.6. The maximum absolute atomic E-state index is 11.6. The van der Waals surface area contributed by atoms with E-state index in [0.29, 0.717) is 12.8 Å². The molecule has 0 aromatic rings. The fourth-order valence-electron chi connectivity index (χ4n) is 4.11. The first-order chi connectivity index (χ1) is 11.2. The molecule has 1 aliphatic heterocycles. The minimum Gasteiger partial charge on any atom is -0.386 e. The van der Waals surface area contributed by atoms with Gasteiger partial charge in [-0.05, 0) is 40.5 Å². The molecule has 5 atom stereocenters. The summed E-state index contributed by atoms with van der Waals surface area (Å²) in [5, 5.41) is 47.2. The van der Waals surface area contributed by atoms with Gasteiger partial charge in [0.05, 0.1) is 22.0 Å². The van der Waals surface area contributed by atoms with Crippen molar-refractivity contribution in [1.82, 2.24) is 10.8 Å². The van der Waals surface area contributed by atoms with Gasteiger partial charge in [0.15, 0.2) is 0 Å². The third-order valence-corrected chi connectivity index (χ3v) is 6.73. The average Bonchev–Trinajstić information content (AvgIpc) is 2.49. The second-order valence-corrected chi connectivity index (χ2v) is 7.58. The molecule has 0 aromatic carbocycles. The molecule has 0 aromatic heterocycles. The van der Waals surface area contributed by atoms with Crippen molar-refractivity contribution in [1.29, 1.82) is 0 Å².